The summed E-state index contributed by atoms with van der Waals surface area (Å²) in [7, 11) is 0. The van der Waals surface area contributed by atoms with Crippen molar-refractivity contribution in [1.29, 1.82) is 0 Å². The Morgan fingerprint density at radius 3 is 2.73 bits per heavy atom. The second-order valence-corrected chi connectivity index (χ2v) is 5.34. The van der Waals surface area contributed by atoms with E-state index in [0.29, 0.717) is 6.54 Å². The number of hydrogen-bond acceptors (Lipinski definition) is 2. The van der Waals surface area contributed by atoms with E-state index in [9.17, 15) is 9.18 Å². The molecule has 1 N–H and O–H groups in total. The van der Waals surface area contributed by atoms with Crippen LogP contribution in [0, 0.1) is 12.7 Å². The van der Waals surface area contributed by atoms with Gasteiger partial charge in [-0.05, 0) is 36.2 Å². The number of rotatable bonds is 4. The summed E-state index contributed by atoms with van der Waals surface area (Å²) < 4.78 is 18.3. The number of halogens is 1. The molecule has 0 saturated carbocycles. The lowest BCUT2D eigenvalue weighted by Crippen LogP contribution is -2.24. The number of fused-ring (bicyclic) bond motifs is 1. The number of furan rings is 1. The highest BCUT2D eigenvalue weighted by Gasteiger charge is 2.10. The number of hydrogen-bond donors (Lipinski definition) is 1. The molecule has 0 fully saturated rings. The van der Waals surface area contributed by atoms with Crippen molar-refractivity contribution in [2.75, 3.05) is 0 Å². The lowest BCUT2D eigenvalue weighted by Gasteiger charge is -2.05. The van der Waals surface area contributed by atoms with Gasteiger partial charge < -0.3 is 9.73 Å². The molecule has 0 aliphatic rings. The van der Waals surface area contributed by atoms with Crippen LogP contribution >= 0.6 is 0 Å². The van der Waals surface area contributed by atoms with Crippen LogP contribution in [-0.4, -0.2) is 5.91 Å². The summed E-state index contributed by atoms with van der Waals surface area (Å²) >= 11 is 0. The highest BCUT2D eigenvalue weighted by Crippen LogP contribution is 2.22. The van der Waals surface area contributed by atoms with Crippen molar-refractivity contribution in [3.63, 3.8) is 0 Å². The van der Waals surface area contributed by atoms with Crippen LogP contribution in [-0.2, 0) is 17.8 Å². The normalized spacial score (nSPS) is 10.8. The number of nitrogens with one attached hydrogen (secondary N) is 1. The van der Waals surface area contributed by atoms with E-state index < -0.39 is 0 Å². The molecule has 1 aromatic heterocycles. The van der Waals surface area contributed by atoms with Gasteiger partial charge in [-0.2, -0.15) is 0 Å². The van der Waals surface area contributed by atoms with Crippen LogP contribution in [0.5, 0.6) is 0 Å². The van der Waals surface area contributed by atoms with Gasteiger partial charge in [0.15, 0.2) is 0 Å². The molecular formula is C18H16FNO2. The zero-order valence-corrected chi connectivity index (χ0v) is 12.2. The van der Waals surface area contributed by atoms with Gasteiger partial charge in [-0.1, -0.05) is 24.3 Å². The zero-order chi connectivity index (χ0) is 15.5. The Balaban J connectivity index is 1.64. The SMILES string of the molecule is Cc1ccc2c(CC(=O)NCc3ccc(F)cc3)coc2c1. The summed E-state index contributed by atoms with van der Waals surface area (Å²) in [5, 5.41) is 3.79. The standard InChI is InChI=1S/C18H16FNO2/c1-12-2-7-16-14(11-22-17(16)8-12)9-18(21)20-10-13-3-5-15(19)6-4-13/h2-8,11H,9-10H2,1H3,(H,20,21). The molecule has 0 atom stereocenters. The van der Waals surface area contributed by atoms with Crippen LogP contribution in [0.1, 0.15) is 16.7 Å². The molecular weight excluding hydrogens is 281 g/mol. The first-order chi connectivity index (χ1) is 10.6. The molecule has 0 radical (unpaired) electrons. The summed E-state index contributed by atoms with van der Waals surface area (Å²) in [5.41, 5.74) is 3.64. The van der Waals surface area contributed by atoms with Crippen LogP contribution < -0.4 is 5.32 Å². The first kappa shape index (κ1) is 14.3. The van der Waals surface area contributed by atoms with Gasteiger partial charge in [-0.3, -0.25) is 4.79 Å². The van der Waals surface area contributed by atoms with Crippen LogP contribution in [0.2, 0.25) is 0 Å². The van der Waals surface area contributed by atoms with E-state index in [1.807, 2.05) is 25.1 Å². The van der Waals surface area contributed by atoms with Crippen molar-refractivity contribution in [3.8, 4) is 0 Å². The van der Waals surface area contributed by atoms with Crippen LogP contribution in [0.3, 0.4) is 0 Å². The molecule has 0 unspecified atom stereocenters. The molecule has 22 heavy (non-hydrogen) atoms. The molecule has 0 bridgehead atoms. The van der Waals surface area contributed by atoms with Gasteiger partial charge in [-0.25, -0.2) is 4.39 Å². The summed E-state index contributed by atoms with van der Waals surface area (Å²) in [4.78, 5) is 12.0. The Morgan fingerprint density at radius 1 is 1.18 bits per heavy atom. The first-order valence-electron chi connectivity index (χ1n) is 7.10. The molecule has 112 valence electrons. The van der Waals surface area contributed by atoms with E-state index in [-0.39, 0.29) is 18.1 Å². The van der Waals surface area contributed by atoms with Gasteiger partial charge in [0.05, 0.1) is 12.7 Å². The second kappa shape index (κ2) is 6.02. The number of carbonyl (C=O) groups excluding carboxylic acids is 1. The van der Waals surface area contributed by atoms with Crippen LogP contribution in [0.15, 0.2) is 53.1 Å². The fourth-order valence-electron chi connectivity index (χ4n) is 2.37. The fourth-order valence-corrected chi connectivity index (χ4v) is 2.37. The third kappa shape index (κ3) is 3.17. The molecule has 0 saturated heterocycles. The molecule has 1 amide bonds. The molecule has 1 heterocycles. The number of carbonyl (C=O) groups is 1. The van der Waals surface area contributed by atoms with E-state index in [1.54, 1.807) is 18.4 Å². The van der Waals surface area contributed by atoms with Crippen LogP contribution in [0.25, 0.3) is 11.0 Å². The molecule has 2 aromatic carbocycles. The van der Waals surface area contributed by atoms with Gasteiger partial charge in [-0.15, -0.1) is 0 Å². The van der Waals surface area contributed by atoms with Crippen molar-refractivity contribution in [3.05, 3.63) is 71.2 Å². The molecule has 0 aliphatic heterocycles. The van der Waals surface area contributed by atoms with E-state index in [0.717, 1.165) is 27.7 Å². The molecule has 3 nitrogen and oxygen atoms in total. The van der Waals surface area contributed by atoms with Crippen molar-refractivity contribution >= 4 is 16.9 Å². The van der Waals surface area contributed by atoms with Crippen molar-refractivity contribution in [2.24, 2.45) is 0 Å². The molecule has 3 aromatic rings. The lowest BCUT2D eigenvalue weighted by atomic mass is 10.1. The zero-order valence-electron chi connectivity index (χ0n) is 12.2. The minimum Gasteiger partial charge on any atom is -0.464 e. The highest BCUT2D eigenvalue weighted by atomic mass is 19.1. The maximum atomic E-state index is 12.8. The largest absolute Gasteiger partial charge is 0.464 e. The summed E-state index contributed by atoms with van der Waals surface area (Å²) in [6, 6.07) is 12.0. The Labute approximate surface area is 127 Å². The van der Waals surface area contributed by atoms with Gasteiger partial charge >= 0.3 is 0 Å². The van der Waals surface area contributed by atoms with Crippen LogP contribution in [0.4, 0.5) is 4.39 Å². The topological polar surface area (TPSA) is 42.2 Å². The van der Waals surface area contributed by atoms with E-state index in [4.69, 9.17) is 4.42 Å². The van der Waals surface area contributed by atoms with E-state index >= 15 is 0 Å². The van der Waals surface area contributed by atoms with Gasteiger partial charge in [0.25, 0.3) is 0 Å². The summed E-state index contributed by atoms with van der Waals surface area (Å²) in [6.45, 7) is 2.38. The monoisotopic (exact) mass is 297 g/mol. The number of aryl methyl sites for hydroxylation is 1. The van der Waals surface area contributed by atoms with Gasteiger partial charge in [0.1, 0.15) is 11.4 Å². The Bertz CT molecular complexity index is 806. The third-order valence-electron chi connectivity index (χ3n) is 3.57. The minimum atomic E-state index is -0.282. The van der Waals surface area contributed by atoms with Gasteiger partial charge in [0.2, 0.25) is 5.91 Å². The minimum absolute atomic E-state index is 0.0902. The first-order valence-corrected chi connectivity index (χ1v) is 7.10. The smallest absolute Gasteiger partial charge is 0.224 e. The average molecular weight is 297 g/mol. The highest BCUT2D eigenvalue weighted by molar-refractivity contribution is 5.87. The molecule has 4 heteroatoms. The van der Waals surface area contributed by atoms with E-state index in [2.05, 4.69) is 5.32 Å². The number of benzene rings is 2. The predicted molar refractivity (Wildman–Crippen MR) is 82.9 cm³/mol. The van der Waals surface area contributed by atoms with Gasteiger partial charge in [0, 0.05) is 17.5 Å². The second-order valence-electron chi connectivity index (χ2n) is 5.34. The fraction of sp³-hybridized carbons (Fsp3) is 0.167. The molecule has 3 rings (SSSR count). The van der Waals surface area contributed by atoms with Crippen molar-refractivity contribution in [2.45, 2.75) is 19.9 Å². The maximum absolute atomic E-state index is 12.8. The quantitative estimate of drug-likeness (QED) is 0.797. The lowest BCUT2D eigenvalue weighted by molar-refractivity contribution is -0.120. The summed E-state index contributed by atoms with van der Waals surface area (Å²) in [5.74, 6) is -0.372. The Morgan fingerprint density at radius 2 is 1.95 bits per heavy atom. The third-order valence-corrected chi connectivity index (χ3v) is 3.57. The predicted octanol–water partition coefficient (Wildman–Crippen LogP) is 3.74. The molecule has 0 aliphatic carbocycles. The van der Waals surface area contributed by atoms with Crippen molar-refractivity contribution < 1.29 is 13.6 Å². The number of amides is 1. The average Bonchev–Trinajstić information content (AvgIpc) is 2.89. The Kier molecular flexibility index (Phi) is 3.92. The Hall–Kier alpha value is -2.62. The molecule has 0 spiro atoms. The summed E-state index contributed by atoms with van der Waals surface area (Å²) in [6.07, 6.45) is 1.89. The van der Waals surface area contributed by atoms with E-state index in [1.165, 1.54) is 12.1 Å². The van der Waals surface area contributed by atoms with Crippen molar-refractivity contribution in [1.82, 2.24) is 5.32 Å². The maximum Gasteiger partial charge on any atom is 0.224 e.